The molecule has 0 radical (unpaired) electrons. The summed E-state index contributed by atoms with van der Waals surface area (Å²) in [5, 5.41) is 3.92. The van der Waals surface area contributed by atoms with Crippen molar-refractivity contribution in [1.29, 1.82) is 0 Å². The fourth-order valence-electron chi connectivity index (χ4n) is 2.98. The number of pyridine rings is 1. The largest absolute Gasteiger partial charge is 0.333 e. The number of anilines is 2. The van der Waals surface area contributed by atoms with Crippen LogP contribution in [0.3, 0.4) is 0 Å². The van der Waals surface area contributed by atoms with Gasteiger partial charge in [0.2, 0.25) is 0 Å². The van der Waals surface area contributed by atoms with E-state index in [1.54, 1.807) is 65.0 Å². The highest BCUT2D eigenvalue weighted by atomic mass is 35.5. The van der Waals surface area contributed by atoms with E-state index in [1.165, 1.54) is 19.2 Å². The van der Waals surface area contributed by atoms with E-state index in [0.717, 1.165) is 11.9 Å². The molecular formula is C27H34Cl2FN5O2S. The number of aromatic nitrogens is 1. The smallest absolute Gasteiger partial charge is 0.255 e. The van der Waals surface area contributed by atoms with E-state index in [9.17, 15) is 13.4 Å². The zero-order valence-electron chi connectivity index (χ0n) is 22.2. The SMILES string of the molecule is C=C(C)Cl.CCN(C)S(=O)N(CC)c1ccc(C(=O)Nc2ccc(Cl)c(-c3ccc(F)cn3)c2)cc1.CN. The molecule has 0 saturated carbocycles. The van der Waals surface area contributed by atoms with Crippen LogP contribution in [0, 0.1) is 5.82 Å². The Labute approximate surface area is 237 Å². The highest BCUT2D eigenvalue weighted by molar-refractivity contribution is 7.84. The third-order valence-electron chi connectivity index (χ3n) is 4.83. The van der Waals surface area contributed by atoms with Crippen molar-refractivity contribution in [1.82, 2.24) is 9.29 Å². The molecule has 1 aromatic heterocycles. The van der Waals surface area contributed by atoms with Gasteiger partial charge in [-0.3, -0.25) is 14.1 Å². The normalized spacial score (nSPS) is 10.9. The molecule has 0 aliphatic rings. The summed E-state index contributed by atoms with van der Waals surface area (Å²) in [6.45, 7) is 10.1. The number of hydrogen-bond acceptors (Lipinski definition) is 4. The standard InChI is InChI=1S/C23H24ClFN4O2S.C3H5Cl.CH5N/c1-4-28(3)32(31)29(5-2)19-10-6-16(7-11-19)23(30)27-18-9-12-21(24)20(14-18)22-13-8-17(25)15-26-22;1-3(2)4;1-2/h6-15H,4-5H2,1-3H3,(H,27,30);1H2,2H3;2H2,1H3. The molecule has 3 N–H and O–H groups in total. The fraction of sp³-hybridized carbons (Fsp3) is 0.259. The Hall–Kier alpha value is -2.82. The lowest BCUT2D eigenvalue weighted by atomic mass is 10.1. The van der Waals surface area contributed by atoms with Gasteiger partial charge in [0.15, 0.2) is 11.2 Å². The van der Waals surface area contributed by atoms with Crippen molar-refractivity contribution >= 4 is 51.7 Å². The van der Waals surface area contributed by atoms with Gasteiger partial charge in [-0.05, 0) is 75.5 Å². The van der Waals surface area contributed by atoms with Gasteiger partial charge in [0.1, 0.15) is 5.82 Å². The average Bonchev–Trinajstić information content (AvgIpc) is 2.91. The first-order chi connectivity index (χ1) is 18.1. The van der Waals surface area contributed by atoms with Crippen LogP contribution in [0.1, 0.15) is 31.1 Å². The van der Waals surface area contributed by atoms with E-state index < -0.39 is 17.0 Å². The van der Waals surface area contributed by atoms with Crippen molar-refractivity contribution in [2.24, 2.45) is 5.73 Å². The molecule has 2 aromatic carbocycles. The lowest BCUT2D eigenvalue weighted by Crippen LogP contribution is -2.36. The molecule has 0 aliphatic carbocycles. The number of amides is 1. The number of nitrogens with one attached hydrogen (secondary N) is 1. The Bertz CT molecular complexity index is 1210. The second-order valence-corrected chi connectivity index (χ2v) is 10.2. The zero-order chi connectivity index (χ0) is 28.8. The minimum absolute atomic E-state index is 0.299. The molecule has 1 atom stereocenters. The van der Waals surface area contributed by atoms with E-state index in [4.69, 9.17) is 23.2 Å². The molecule has 3 aromatic rings. The van der Waals surface area contributed by atoms with Gasteiger partial charge in [-0.1, -0.05) is 36.7 Å². The summed E-state index contributed by atoms with van der Waals surface area (Å²) in [6.07, 6.45) is 1.11. The Balaban J connectivity index is 0.00000110. The summed E-state index contributed by atoms with van der Waals surface area (Å²) in [7, 11) is 3.29. The maximum absolute atomic E-state index is 13.2. The van der Waals surface area contributed by atoms with E-state index in [1.807, 2.05) is 13.8 Å². The molecule has 206 valence electrons. The first-order valence-electron chi connectivity index (χ1n) is 11.7. The van der Waals surface area contributed by atoms with Gasteiger partial charge in [0.05, 0.1) is 22.6 Å². The van der Waals surface area contributed by atoms with Crippen LogP contribution in [-0.2, 0) is 11.2 Å². The Kier molecular flexibility index (Phi) is 14.8. The molecule has 0 bridgehead atoms. The Morgan fingerprint density at radius 3 is 2.21 bits per heavy atom. The second kappa shape index (κ2) is 16.9. The van der Waals surface area contributed by atoms with Crippen molar-refractivity contribution in [3.8, 4) is 11.3 Å². The number of hydrogen-bond donors (Lipinski definition) is 2. The Morgan fingerprint density at radius 2 is 1.71 bits per heavy atom. The monoisotopic (exact) mass is 581 g/mol. The van der Waals surface area contributed by atoms with Crippen molar-refractivity contribution in [3.63, 3.8) is 0 Å². The molecule has 1 amide bonds. The molecule has 0 aliphatic heterocycles. The van der Waals surface area contributed by atoms with Crippen LogP contribution in [0.2, 0.25) is 5.02 Å². The topological polar surface area (TPSA) is 91.6 Å². The van der Waals surface area contributed by atoms with Crippen molar-refractivity contribution in [3.05, 3.63) is 88.8 Å². The predicted molar refractivity (Wildman–Crippen MR) is 159 cm³/mol. The van der Waals surface area contributed by atoms with Gasteiger partial charge in [0.25, 0.3) is 5.91 Å². The fourth-order valence-corrected chi connectivity index (χ4v) is 4.27. The molecule has 38 heavy (non-hydrogen) atoms. The van der Waals surface area contributed by atoms with Gasteiger partial charge in [-0.15, -0.1) is 0 Å². The van der Waals surface area contributed by atoms with Crippen molar-refractivity contribution < 1.29 is 13.4 Å². The van der Waals surface area contributed by atoms with E-state index in [0.29, 0.717) is 45.7 Å². The van der Waals surface area contributed by atoms with Crippen LogP contribution in [0.5, 0.6) is 0 Å². The van der Waals surface area contributed by atoms with E-state index >= 15 is 0 Å². The minimum Gasteiger partial charge on any atom is -0.333 e. The molecule has 0 saturated heterocycles. The number of nitrogens with zero attached hydrogens (tertiary/aromatic N) is 3. The van der Waals surface area contributed by atoms with Crippen LogP contribution in [0.25, 0.3) is 11.3 Å². The highest BCUT2D eigenvalue weighted by Crippen LogP contribution is 2.29. The zero-order valence-corrected chi connectivity index (χ0v) is 24.5. The van der Waals surface area contributed by atoms with Crippen LogP contribution < -0.4 is 15.4 Å². The number of halogens is 3. The number of allylic oxidation sites excluding steroid dienone is 1. The molecule has 11 heteroatoms. The van der Waals surface area contributed by atoms with Crippen LogP contribution >= 0.6 is 23.2 Å². The van der Waals surface area contributed by atoms with Gasteiger partial charge in [0, 0.05) is 42.0 Å². The maximum atomic E-state index is 13.2. The average molecular weight is 583 g/mol. The molecule has 1 unspecified atom stereocenters. The van der Waals surface area contributed by atoms with Gasteiger partial charge in [-0.2, -0.15) is 0 Å². The van der Waals surface area contributed by atoms with Crippen LogP contribution in [0.15, 0.2) is 72.4 Å². The molecule has 7 nitrogen and oxygen atoms in total. The summed E-state index contributed by atoms with van der Waals surface area (Å²) < 4.78 is 29.3. The van der Waals surface area contributed by atoms with Gasteiger partial charge < -0.3 is 11.1 Å². The van der Waals surface area contributed by atoms with Gasteiger partial charge >= 0.3 is 0 Å². The lowest BCUT2D eigenvalue weighted by Gasteiger charge is -2.26. The van der Waals surface area contributed by atoms with Crippen molar-refractivity contribution in [2.45, 2.75) is 20.8 Å². The molecule has 0 spiro atoms. The third-order valence-corrected chi connectivity index (χ3v) is 6.80. The van der Waals surface area contributed by atoms with Crippen molar-refractivity contribution in [2.75, 3.05) is 36.8 Å². The molecule has 3 rings (SSSR count). The van der Waals surface area contributed by atoms with E-state index in [-0.39, 0.29) is 5.91 Å². The molecule has 0 fully saturated rings. The first-order valence-corrected chi connectivity index (χ1v) is 13.5. The Morgan fingerprint density at radius 1 is 1.11 bits per heavy atom. The number of carbonyl (C=O) groups is 1. The molecule has 1 heterocycles. The number of carbonyl (C=O) groups excluding carboxylic acids is 1. The number of benzene rings is 2. The first kappa shape index (κ1) is 33.2. The summed E-state index contributed by atoms with van der Waals surface area (Å²) in [6, 6.07) is 14.8. The van der Waals surface area contributed by atoms with Crippen LogP contribution in [0.4, 0.5) is 15.8 Å². The van der Waals surface area contributed by atoms with Crippen LogP contribution in [-0.4, -0.2) is 46.6 Å². The predicted octanol–water partition coefficient (Wildman–Crippen LogP) is 6.48. The number of rotatable bonds is 8. The second-order valence-electron chi connectivity index (χ2n) is 7.60. The van der Waals surface area contributed by atoms with Gasteiger partial charge in [-0.25, -0.2) is 12.9 Å². The highest BCUT2D eigenvalue weighted by Gasteiger charge is 2.17. The minimum atomic E-state index is -1.30. The summed E-state index contributed by atoms with van der Waals surface area (Å²) >= 11 is 10.0. The number of nitrogens with two attached hydrogens (primary N) is 1. The third kappa shape index (κ3) is 10.2. The quantitative estimate of drug-likeness (QED) is 0.318. The summed E-state index contributed by atoms with van der Waals surface area (Å²) in [5.41, 5.74) is 7.34. The summed E-state index contributed by atoms with van der Waals surface area (Å²) in [4.78, 5) is 16.8. The summed E-state index contributed by atoms with van der Waals surface area (Å²) in [5.74, 6) is -0.740. The van der Waals surface area contributed by atoms with E-state index in [2.05, 4.69) is 22.6 Å². The maximum Gasteiger partial charge on any atom is 0.255 e. The molecular weight excluding hydrogens is 548 g/mol. The lowest BCUT2D eigenvalue weighted by molar-refractivity contribution is 0.102.